The molecule has 0 radical (unpaired) electrons. The molecular weight excluding hydrogens is 449 g/mol. The van der Waals surface area contributed by atoms with Gasteiger partial charge in [-0.25, -0.2) is 0 Å². The van der Waals surface area contributed by atoms with E-state index in [1.807, 2.05) is 6.07 Å². The molecule has 0 atom stereocenters. The number of aryl methyl sites for hydroxylation is 1. The van der Waals surface area contributed by atoms with Crippen molar-refractivity contribution in [2.24, 2.45) is 0 Å². The Kier molecular flexibility index (Phi) is 6.66. The van der Waals surface area contributed by atoms with Crippen LogP contribution in [0.4, 0.5) is 17.3 Å². The summed E-state index contributed by atoms with van der Waals surface area (Å²) in [5.41, 5.74) is 5.35. The van der Waals surface area contributed by atoms with Gasteiger partial charge in [0.05, 0.1) is 0 Å². The first-order chi connectivity index (χ1) is 15.8. The van der Waals surface area contributed by atoms with Gasteiger partial charge >= 0.3 is 7.25 Å². The van der Waals surface area contributed by atoms with Crippen LogP contribution < -0.4 is 5.35 Å². The average molecular weight is 471 g/mol. The Morgan fingerprint density at radius 2 is 1.61 bits per heavy atom. The van der Waals surface area contributed by atoms with Gasteiger partial charge in [0.25, 0.3) is 0 Å². The summed E-state index contributed by atoms with van der Waals surface area (Å²) in [6.45, 7) is 3.14. The second-order valence-corrected chi connectivity index (χ2v) is 8.21. The van der Waals surface area contributed by atoms with Crippen molar-refractivity contribution in [3.05, 3.63) is 94.3 Å². The predicted molar refractivity (Wildman–Crippen MR) is 132 cm³/mol. The van der Waals surface area contributed by atoms with E-state index in [1.165, 1.54) is 38.3 Å². The van der Waals surface area contributed by atoms with Crippen LogP contribution in [0.1, 0.15) is 25.3 Å². The number of nitrogens with zero attached hydrogens (tertiary/aromatic N) is 1. The van der Waals surface area contributed by atoms with E-state index in [-0.39, 0.29) is 0 Å². The molecule has 1 nitrogen and oxygen atoms in total. The fourth-order valence-electron chi connectivity index (χ4n) is 4.50. The molecule has 0 saturated heterocycles. The molecule has 3 aromatic carbocycles. The lowest BCUT2D eigenvalue weighted by Gasteiger charge is -2.05. The van der Waals surface area contributed by atoms with Gasteiger partial charge in [-0.15, -0.1) is 0 Å². The summed E-state index contributed by atoms with van der Waals surface area (Å²) < 4.78 is 41.4. The maximum absolute atomic E-state index is 9.75. The van der Waals surface area contributed by atoms with Crippen LogP contribution in [0.5, 0.6) is 0 Å². The Morgan fingerprint density at radius 3 is 2.30 bits per heavy atom. The minimum absolute atomic E-state index is 0.821. The van der Waals surface area contributed by atoms with Gasteiger partial charge in [-0.05, 0) is 54.7 Å². The van der Waals surface area contributed by atoms with Crippen molar-refractivity contribution in [2.45, 2.75) is 26.3 Å². The monoisotopic (exact) mass is 470 g/mol. The first kappa shape index (κ1) is 23.2. The van der Waals surface area contributed by atoms with Crippen molar-refractivity contribution in [1.82, 2.24) is 4.57 Å². The van der Waals surface area contributed by atoms with Crippen LogP contribution in [-0.4, -0.2) is 11.8 Å². The quantitative estimate of drug-likeness (QED) is 0.211. The molecule has 0 aliphatic heterocycles. The van der Waals surface area contributed by atoms with Crippen molar-refractivity contribution >= 4 is 52.2 Å². The minimum atomic E-state index is -6.00. The maximum Gasteiger partial charge on any atom is 0.673 e. The van der Waals surface area contributed by atoms with Gasteiger partial charge < -0.3 is 21.8 Å². The fourth-order valence-corrected chi connectivity index (χ4v) is 4.72. The molecule has 0 spiro atoms. The third kappa shape index (κ3) is 5.01. The summed E-state index contributed by atoms with van der Waals surface area (Å²) in [6.07, 6.45) is 9.19. The first-order valence-corrected chi connectivity index (χ1v) is 11.2. The number of hydrogen-bond acceptors (Lipinski definition) is 0. The molecule has 0 bridgehead atoms. The number of rotatable bonds is 3. The number of halogens is 5. The molecule has 1 aliphatic rings. The molecule has 1 aromatic heterocycles. The molecule has 0 unspecified atom stereocenters. The van der Waals surface area contributed by atoms with Crippen LogP contribution >= 0.6 is 11.6 Å². The molecule has 33 heavy (non-hydrogen) atoms. The Morgan fingerprint density at radius 1 is 0.909 bits per heavy atom. The van der Waals surface area contributed by atoms with E-state index in [9.17, 15) is 17.3 Å². The topological polar surface area (TPSA) is 4.93 Å². The molecular formula is C26H22BClF4N-. The van der Waals surface area contributed by atoms with E-state index in [2.05, 4.69) is 84.3 Å². The molecule has 0 N–H and O–H groups in total. The summed E-state index contributed by atoms with van der Waals surface area (Å²) >= 11 is 6.48. The Labute approximate surface area is 194 Å². The van der Waals surface area contributed by atoms with E-state index in [0.717, 1.165) is 29.8 Å². The largest absolute Gasteiger partial charge is 0.673 e. The van der Waals surface area contributed by atoms with E-state index in [4.69, 9.17) is 11.6 Å². The van der Waals surface area contributed by atoms with Crippen LogP contribution in [0.2, 0.25) is 5.02 Å². The second-order valence-electron chi connectivity index (χ2n) is 7.80. The van der Waals surface area contributed by atoms with Gasteiger partial charge in [0.2, 0.25) is 0 Å². The SMILES string of the molecule is CCn1/c(=C/C=C2/CCC=C2c2ccccc2)c2cccc3c(Cl)ccc1c32.F[B-](F)(F)F. The van der Waals surface area contributed by atoms with Gasteiger partial charge in [0, 0.05) is 38.6 Å². The predicted octanol–water partition coefficient (Wildman–Crippen LogP) is 8.07. The molecule has 1 aliphatic carbocycles. The molecule has 0 amide bonds. The highest BCUT2D eigenvalue weighted by atomic mass is 35.5. The smallest absolute Gasteiger partial charge is 0.418 e. The highest BCUT2D eigenvalue weighted by Crippen LogP contribution is 2.34. The van der Waals surface area contributed by atoms with Gasteiger partial charge in [-0.2, -0.15) is 0 Å². The normalized spacial score (nSPS) is 15.9. The third-order valence-electron chi connectivity index (χ3n) is 5.77. The van der Waals surface area contributed by atoms with Crippen LogP contribution in [0, 0.1) is 0 Å². The lowest BCUT2D eigenvalue weighted by molar-refractivity contribution is 0.368. The highest BCUT2D eigenvalue weighted by molar-refractivity contribution is 6.50. The van der Waals surface area contributed by atoms with Crippen molar-refractivity contribution in [3.8, 4) is 0 Å². The Bertz CT molecular complexity index is 1400. The standard InChI is InChI=1S/C26H22ClN.BF4/c1-2-28-24(22-13-7-12-21-23(27)15-17-25(28)26(21)22)16-14-19-10-6-11-20(19)18-8-4-3-5-9-18;2-1(3,4)5/h3-5,7-9,11-17H,2,6,10H2,1H3;/q;-1/b19-14-,24-16+;. The van der Waals surface area contributed by atoms with E-state index < -0.39 is 7.25 Å². The number of aromatic nitrogens is 1. The zero-order valence-corrected chi connectivity index (χ0v) is 18.8. The second kappa shape index (κ2) is 9.48. The lowest BCUT2D eigenvalue weighted by atomic mass is 10.0. The molecule has 5 rings (SSSR count). The molecule has 4 aromatic rings. The summed E-state index contributed by atoms with van der Waals surface area (Å²) in [5, 5.41) is 5.76. The number of hydrogen-bond donors (Lipinski definition) is 0. The summed E-state index contributed by atoms with van der Waals surface area (Å²) in [4.78, 5) is 0. The maximum atomic E-state index is 9.75. The van der Waals surface area contributed by atoms with Crippen molar-refractivity contribution in [3.63, 3.8) is 0 Å². The molecule has 1 heterocycles. The lowest BCUT2D eigenvalue weighted by Crippen LogP contribution is -2.14. The van der Waals surface area contributed by atoms with E-state index in [1.54, 1.807) is 0 Å². The average Bonchev–Trinajstić information content (AvgIpc) is 3.37. The van der Waals surface area contributed by atoms with Gasteiger partial charge in [0.15, 0.2) is 0 Å². The summed E-state index contributed by atoms with van der Waals surface area (Å²) in [7, 11) is -6.00. The van der Waals surface area contributed by atoms with Crippen LogP contribution in [0.3, 0.4) is 0 Å². The molecule has 7 heteroatoms. The minimum Gasteiger partial charge on any atom is -0.418 e. The summed E-state index contributed by atoms with van der Waals surface area (Å²) in [6, 6.07) is 21.3. The molecule has 0 fully saturated rings. The van der Waals surface area contributed by atoms with E-state index >= 15 is 0 Å². The zero-order valence-electron chi connectivity index (χ0n) is 18.0. The zero-order chi connectivity index (χ0) is 23.6. The van der Waals surface area contributed by atoms with E-state index in [0.29, 0.717) is 0 Å². The fraction of sp³-hybridized carbons (Fsp3) is 0.154. The highest BCUT2D eigenvalue weighted by Gasteiger charge is 2.20. The van der Waals surface area contributed by atoms with Gasteiger partial charge in [0.1, 0.15) is 0 Å². The first-order valence-electron chi connectivity index (χ1n) is 10.8. The van der Waals surface area contributed by atoms with Crippen LogP contribution in [0.15, 0.2) is 78.4 Å². The van der Waals surface area contributed by atoms with Crippen molar-refractivity contribution < 1.29 is 17.3 Å². The Balaban J connectivity index is 0.000000471. The number of benzene rings is 3. The Hall–Kier alpha value is -2.99. The van der Waals surface area contributed by atoms with Crippen LogP contribution in [0.25, 0.3) is 33.3 Å². The van der Waals surface area contributed by atoms with Crippen molar-refractivity contribution in [2.75, 3.05) is 0 Å². The van der Waals surface area contributed by atoms with Gasteiger partial charge in [-0.3, -0.25) is 0 Å². The third-order valence-corrected chi connectivity index (χ3v) is 6.10. The summed E-state index contributed by atoms with van der Waals surface area (Å²) in [5.74, 6) is 0. The van der Waals surface area contributed by atoms with Crippen LogP contribution in [-0.2, 0) is 6.54 Å². The van der Waals surface area contributed by atoms with Crippen molar-refractivity contribution in [1.29, 1.82) is 0 Å². The number of allylic oxidation sites excluding steroid dienone is 4. The van der Waals surface area contributed by atoms with Gasteiger partial charge in [-0.1, -0.05) is 72.3 Å². The molecule has 0 saturated carbocycles. The molecule has 170 valence electrons.